The number of benzene rings is 1. The van der Waals surface area contributed by atoms with Crippen LogP contribution in [0.3, 0.4) is 0 Å². The molecule has 2 fully saturated rings. The van der Waals surface area contributed by atoms with Crippen LogP contribution < -0.4 is 10.1 Å². The summed E-state index contributed by atoms with van der Waals surface area (Å²) < 4.78 is 5.17. The fraction of sp³-hybridized carbons (Fsp3) is 0.417. The van der Waals surface area contributed by atoms with Gasteiger partial charge in [0.2, 0.25) is 5.12 Å². The Bertz CT molecular complexity index is 448. The van der Waals surface area contributed by atoms with Crippen molar-refractivity contribution in [3.8, 4) is 5.75 Å². The zero-order chi connectivity index (χ0) is 11.2. The van der Waals surface area contributed by atoms with Crippen molar-refractivity contribution in [1.82, 2.24) is 5.32 Å². The minimum atomic E-state index is -0.0592. The second-order valence-electron chi connectivity index (χ2n) is 4.28. The Kier molecular flexibility index (Phi) is 2.23. The number of nitrogens with one attached hydrogen (secondary N) is 1. The second kappa shape index (κ2) is 3.50. The standard InChI is InChI=1S/C12H13NO2S/c1-15-9-4-2-3-8(5-9)12-6-10(13-7-12)11(14)16-12/h2-5,10,13H,6-7H2,1H3. The van der Waals surface area contributed by atoms with Crippen molar-refractivity contribution in [3.63, 3.8) is 0 Å². The molecule has 0 spiro atoms. The molecule has 3 nitrogen and oxygen atoms in total. The minimum Gasteiger partial charge on any atom is -0.497 e. The van der Waals surface area contributed by atoms with Crippen molar-refractivity contribution in [2.75, 3.05) is 13.7 Å². The summed E-state index contributed by atoms with van der Waals surface area (Å²) in [6.45, 7) is 0.876. The summed E-state index contributed by atoms with van der Waals surface area (Å²) >= 11 is 1.48. The number of thioether (sulfide) groups is 1. The first-order valence-corrected chi connectivity index (χ1v) is 6.16. The van der Waals surface area contributed by atoms with Crippen LogP contribution in [0.2, 0.25) is 0 Å². The van der Waals surface area contributed by atoms with E-state index in [0.717, 1.165) is 18.7 Å². The van der Waals surface area contributed by atoms with Gasteiger partial charge >= 0.3 is 0 Å². The number of hydrogen-bond donors (Lipinski definition) is 1. The first-order valence-electron chi connectivity index (χ1n) is 5.34. The fourth-order valence-electron chi connectivity index (χ4n) is 2.46. The molecule has 0 radical (unpaired) electrons. The number of ether oxygens (including phenoxy) is 1. The molecule has 3 rings (SSSR count). The SMILES string of the molecule is COc1cccc(C23CNC(C2)C(=O)S3)c1. The van der Waals surface area contributed by atoms with Crippen LogP contribution in [0.4, 0.5) is 0 Å². The molecular formula is C12H13NO2S. The highest BCUT2D eigenvalue weighted by atomic mass is 32.2. The third-order valence-electron chi connectivity index (χ3n) is 3.34. The van der Waals surface area contributed by atoms with Crippen molar-refractivity contribution in [3.05, 3.63) is 29.8 Å². The predicted molar refractivity (Wildman–Crippen MR) is 63.7 cm³/mol. The summed E-state index contributed by atoms with van der Waals surface area (Å²) in [5, 5.41) is 3.54. The molecule has 2 unspecified atom stereocenters. The number of fused-ring (bicyclic) bond motifs is 2. The summed E-state index contributed by atoms with van der Waals surface area (Å²) in [6.07, 6.45) is 0.906. The lowest BCUT2D eigenvalue weighted by Crippen LogP contribution is -2.34. The lowest BCUT2D eigenvalue weighted by Gasteiger charge is -2.25. The van der Waals surface area contributed by atoms with Crippen molar-refractivity contribution >= 4 is 16.9 Å². The molecule has 0 aliphatic carbocycles. The van der Waals surface area contributed by atoms with Crippen LogP contribution in [0.5, 0.6) is 5.75 Å². The summed E-state index contributed by atoms with van der Waals surface area (Å²) in [5.41, 5.74) is 1.19. The average molecular weight is 235 g/mol. The number of methoxy groups -OCH3 is 1. The highest BCUT2D eigenvalue weighted by Crippen LogP contribution is 2.51. The van der Waals surface area contributed by atoms with E-state index in [0.29, 0.717) is 0 Å². The smallest absolute Gasteiger partial charge is 0.206 e. The lowest BCUT2D eigenvalue weighted by atomic mass is 9.95. The third kappa shape index (κ3) is 1.37. The Hall–Kier alpha value is -1.00. The van der Waals surface area contributed by atoms with Crippen LogP contribution in [0.25, 0.3) is 0 Å². The molecule has 2 atom stereocenters. The van der Waals surface area contributed by atoms with Crippen LogP contribution in [0, 0.1) is 0 Å². The molecule has 16 heavy (non-hydrogen) atoms. The molecule has 0 amide bonds. The van der Waals surface area contributed by atoms with Gasteiger partial charge in [-0.25, -0.2) is 0 Å². The van der Waals surface area contributed by atoms with Crippen molar-refractivity contribution in [2.45, 2.75) is 17.2 Å². The van der Waals surface area contributed by atoms with E-state index in [1.807, 2.05) is 18.2 Å². The van der Waals surface area contributed by atoms with Gasteiger partial charge in [0, 0.05) is 6.54 Å². The minimum absolute atomic E-state index is 0.0520. The maximum atomic E-state index is 11.6. The Labute approximate surface area is 98.6 Å². The van der Waals surface area contributed by atoms with Crippen molar-refractivity contribution < 1.29 is 9.53 Å². The molecule has 0 saturated carbocycles. The van der Waals surface area contributed by atoms with Crippen LogP contribution in [-0.4, -0.2) is 24.8 Å². The second-order valence-corrected chi connectivity index (χ2v) is 5.67. The summed E-state index contributed by atoms with van der Waals surface area (Å²) in [4.78, 5) is 11.6. The van der Waals surface area contributed by atoms with Crippen LogP contribution in [0.1, 0.15) is 12.0 Å². The average Bonchev–Trinajstić information content (AvgIpc) is 2.87. The predicted octanol–water partition coefficient (Wildman–Crippen LogP) is 1.53. The quantitative estimate of drug-likeness (QED) is 0.843. The Balaban J connectivity index is 2.00. The Morgan fingerprint density at radius 1 is 1.56 bits per heavy atom. The number of carbonyl (C=O) groups excluding carboxylic acids is 1. The van der Waals surface area contributed by atoms with Crippen molar-refractivity contribution in [1.29, 1.82) is 0 Å². The maximum absolute atomic E-state index is 11.6. The monoisotopic (exact) mass is 235 g/mol. The van der Waals surface area contributed by atoms with Gasteiger partial charge in [0.15, 0.2) is 0 Å². The molecule has 1 aromatic carbocycles. The zero-order valence-corrected chi connectivity index (χ0v) is 9.84. The Morgan fingerprint density at radius 2 is 2.44 bits per heavy atom. The van der Waals surface area contributed by atoms with Crippen LogP contribution in [0.15, 0.2) is 24.3 Å². The lowest BCUT2D eigenvalue weighted by molar-refractivity contribution is -0.112. The van der Waals surface area contributed by atoms with Gasteiger partial charge in [-0.3, -0.25) is 4.79 Å². The molecule has 2 saturated heterocycles. The molecule has 4 heteroatoms. The highest BCUT2D eigenvalue weighted by Gasteiger charge is 2.52. The van der Waals surface area contributed by atoms with E-state index >= 15 is 0 Å². The zero-order valence-electron chi connectivity index (χ0n) is 9.03. The van der Waals surface area contributed by atoms with Crippen molar-refractivity contribution in [2.24, 2.45) is 0 Å². The van der Waals surface area contributed by atoms with Crippen LogP contribution in [-0.2, 0) is 9.54 Å². The summed E-state index contributed by atoms with van der Waals surface area (Å²) in [5.74, 6) is 0.857. The Morgan fingerprint density at radius 3 is 3.06 bits per heavy atom. The molecule has 1 N–H and O–H groups in total. The van der Waals surface area contributed by atoms with E-state index in [2.05, 4.69) is 11.4 Å². The van der Waals surface area contributed by atoms with Gasteiger partial charge in [0.25, 0.3) is 0 Å². The topological polar surface area (TPSA) is 38.3 Å². The van der Waals surface area contributed by atoms with E-state index in [9.17, 15) is 4.79 Å². The molecular weight excluding hydrogens is 222 g/mol. The molecule has 1 aromatic rings. The van der Waals surface area contributed by atoms with Gasteiger partial charge in [-0.05, 0) is 24.1 Å². The number of carbonyl (C=O) groups is 1. The van der Waals surface area contributed by atoms with Crippen LogP contribution >= 0.6 is 11.8 Å². The first kappa shape index (κ1) is 10.2. The van der Waals surface area contributed by atoms with Gasteiger partial charge in [-0.2, -0.15) is 0 Å². The molecule has 2 heterocycles. The number of hydrogen-bond acceptors (Lipinski definition) is 4. The summed E-state index contributed by atoms with van der Waals surface area (Å²) in [7, 11) is 1.67. The van der Waals surface area contributed by atoms with E-state index in [1.165, 1.54) is 17.3 Å². The normalized spacial score (nSPS) is 32.1. The third-order valence-corrected chi connectivity index (χ3v) is 4.77. The fourth-order valence-corrected chi connectivity index (χ4v) is 3.80. The molecule has 2 aliphatic heterocycles. The number of rotatable bonds is 2. The maximum Gasteiger partial charge on any atom is 0.206 e. The van der Waals surface area contributed by atoms with Gasteiger partial charge in [0.1, 0.15) is 5.75 Å². The van der Waals surface area contributed by atoms with Gasteiger partial charge in [-0.1, -0.05) is 23.9 Å². The van der Waals surface area contributed by atoms with E-state index in [1.54, 1.807) is 7.11 Å². The van der Waals surface area contributed by atoms with Gasteiger partial charge < -0.3 is 10.1 Å². The molecule has 0 aromatic heterocycles. The summed E-state index contributed by atoms with van der Waals surface area (Å²) in [6, 6.07) is 8.09. The molecule has 2 bridgehead atoms. The van der Waals surface area contributed by atoms with E-state index < -0.39 is 0 Å². The van der Waals surface area contributed by atoms with E-state index in [-0.39, 0.29) is 15.9 Å². The first-order chi connectivity index (χ1) is 7.73. The van der Waals surface area contributed by atoms with Gasteiger partial charge in [-0.15, -0.1) is 0 Å². The van der Waals surface area contributed by atoms with Gasteiger partial charge in [0.05, 0.1) is 17.9 Å². The highest BCUT2D eigenvalue weighted by molar-refractivity contribution is 8.15. The largest absolute Gasteiger partial charge is 0.497 e. The van der Waals surface area contributed by atoms with E-state index in [4.69, 9.17) is 4.74 Å². The molecule has 2 aliphatic rings. The molecule has 84 valence electrons.